The summed E-state index contributed by atoms with van der Waals surface area (Å²) in [5, 5.41) is 0. The Bertz CT molecular complexity index is 30.6. The monoisotopic (exact) mass is 74.1 g/mol. The van der Waals surface area contributed by atoms with Crippen molar-refractivity contribution in [3.8, 4) is 0 Å². The fourth-order valence-corrected chi connectivity index (χ4v) is 0.0891. The molecule has 0 heterocycles. The molecule has 0 bridgehead atoms. The van der Waals surface area contributed by atoms with Crippen LogP contribution in [0.4, 0.5) is 4.39 Å². The fourth-order valence-electron chi connectivity index (χ4n) is 0.0891. The van der Waals surface area contributed by atoms with Crippen LogP contribution >= 0.6 is 0 Å². The zero-order valence-corrected chi connectivity index (χ0v) is 3.24. The Balaban J connectivity index is 2.62. The van der Waals surface area contributed by atoms with Crippen molar-refractivity contribution < 1.29 is 4.39 Å². The van der Waals surface area contributed by atoms with Crippen LogP contribution in [-0.4, -0.2) is 6.67 Å². The van der Waals surface area contributed by atoms with Gasteiger partial charge in [0.05, 0.1) is 0 Å². The van der Waals surface area contributed by atoms with Crippen molar-refractivity contribution in [1.82, 2.24) is 0 Å². The van der Waals surface area contributed by atoms with Crippen molar-refractivity contribution in [2.24, 2.45) is 0 Å². The zero-order valence-electron chi connectivity index (χ0n) is 3.24. The van der Waals surface area contributed by atoms with Crippen LogP contribution in [0, 0.1) is 0 Å². The molecule has 1 heteroatoms. The first-order valence-corrected chi connectivity index (χ1v) is 1.59. The highest BCUT2D eigenvalue weighted by Crippen LogP contribution is 1.67. The highest BCUT2D eigenvalue weighted by molar-refractivity contribution is 4.74. The van der Waals surface area contributed by atoms with Crippen LogP contribution in [0.3, 0.4) is 0 Å². The number of alkyl halides is 1. The van der Waals surface area contributed by atoms with Crippen LogP contribution in [0.15, 0.2) is 12.2 Å². The molecule has 0 aliphatic rings. The summed E-state index contributed by atoms with van der Waals surface area (Å²) in [4.78, 5) is 0. The van der Waals surface area contributed by atoms with Crippen molar-refractivity contribution in [2.45, 2.75) is 6.92 Å². The molecule has 0 aromatic heterocycles. The zero-order chi connectivity index (χ0) is 4.12. The van der Waals surface area contributed by atoms with Gasteiger partial charge in [-0.1, -0.05) is 12.2 Å². The van der Waals surface area contributed by atoms with E-state index in [1.807, 2.05) is 0 Å². The molecule has 0 unspecified atom stereocenters. The van der Waals surface area contributed by atoms with Gasteiger partial charge >= 0.3 is 0 Å². The van der Waals surface area contributed by atoms with Gasteiger partial charge in [-0.15, -0.1) is 0 Å². The quantitative estimate of drug-likeness (QED) is 0.414. The Morgan fingerprint density at radius 3 is 2.40 bits per heavy atom. The third-order valence-electron chi connectivity index (χ3n) is 0.325. The van der Waals surface area contributed by atoms with E-state index in [1.165, 1.54) is 6.08 Å². The average molecular weight is 74.1 g/mol. The molecule has 0 aromatic carbocycles. The van der Waals surface area contributed by atoms with E-state index in [-0.39, 0.29) is 6.67 Å². The molecule has 0 aromatic rings. The summed E-state index contributed by atoms with van der Waals surface area (Å²) in [6.45, 7) is 1.45. The first-order chi connectivity index (χ1) is 2.41. The van der Waals surface area contributed by atoms with Crippen molar-refractivity contribution in [2.75, 3.05) is 6.67 Å². The van der Waals surface area contributed by atoms with E-state index in [0.29, 0.717) is 0 Å². The molecule has 0 atom stereocenters. The maximum atomic E-state index is 10.9. The molecule has 0 N–H and O–H groups in total. The summed E-state index contributed by atoms with van der Waals surface area (Å²) in [6, 6.07) is 0. The number of allylic oxidation sites excluding steroid dienone is 2. The van der Waals surface area contributed by atoms with Crippen LogP contribution in [0.5, 0.6) is 0 Å². The molecule has 0 fully saturated rings. The molecule has 0 aliphatic heterocycles. The summed E-state index contributed by atoms with van der Waals surface area (Å²) in [5.74, 6) is 0. The second-order valence-electron chi connectivity index (χ2n) is 0.723. The van der Waals surface area contributed by atoms with E-state index in [1.54, 1.807) is 13.0 Å². The average Bonchev–Trinajstić information content (AvgIpc) is 1.41. The lowest BCUT2D eigenvalue weighted by atomic mass is 10.6. The molecule has 5 heavy (non-hydrogen) atoms. The van der Waals surface area contributed by atoms with Gasteiger partial charge in [0, 0.05) is 0 Å². The molecule has 0 saturated carbocycles. The first-order valence-electron chi connectivity index (χ1n) is 1.59. The predicted molar refractivity (Wildman–Crippen MR) is 20.8 cm³/mol. The SMILES string of the molecule is CC=CCF. The summed E-state index contributed by atoms with van der Waals surface area (Å²) >= 11 is 0. The number of halogens is 1. The third-order valence-corrected chi connectivity index (χ3v) is 0.325. The molecule has 30 valence electrons. The van der Waals surface area contributed by atoms with Gasteiger partial charge in [-0.2, -0.15) is 0 Å². The Kier molecular flexibility index (Phi) is 3.43. The second-order valence-corrected chi connectivity index (χ2v) is 0.723. The van der Waals surface area contributed by atoms with Crippen LogP contribution < -0.4 is 0 Å². The Morgan fingerprint density at radius 1 is 1.80 bits per heavy atom. The molecule has 0 saturated heterocycles. The number of hydrogen-bond donors (Lipinski definition) is 0. The maximum absolute atomic E-state index is 10.9. The Hall–Kier alpha value is -0.330. The topological polar surface area (TPSA) is 0 Å². The molecule has 0 amide bonds. The largest absolute Gasteiger partial charge is 0.247 e. The van der Waals surface area contributed by atoms with Gasteiger partial charge in [-0.05, 0) is 6.92 Å². The maximum Gasteiger partial charge on any atom is 0.108 e. The second kappa shape index (κ2) is 3.67. The lowest BCUT2D eigenvalue weighted by Crippen LogP contribution is -1.53. The van der Waals surface area contributed by atoms with E-state index >= 15 is 0 Å². The first kappa shape index (κ1) is 4.67. The van der Waals surface area contributed by atoms with Crippen molar-refractivity contribution in [1.29, 1.82) is 0 Å². The molecule has 0 nitrogen and oxygen atoms in total. The lowest BCUT2D eigenvalue weighted by Gasteiger charge is -1.62. The van der Waals surface area contributed by atoms with Gasteiger partial charge < -0.3 is 0 Å². The van der Waals surface area contributed by atoms with E-state index in [4.69, 9.17) is 0 Å². The van der Waals surface area contributed by atoms with Crippen molar-refractivity contribution in [3.05, 3.63) is 12.2 Å². The molecule has 0 aliphatic carbocycles. The van der Waals surface area contributed by atoms with E-state index in [0.717, 1.165) is 0 Å². The smallest absolute Gasteiger partial charge is 0.108 e. The summed E-state index contributed by atoms with van der Waals surface area (Å²) in [6.07, 6.45) is 3.14. The van der Waals surface area contributed by atoms with Crippen molar-refractivity contribution >= 4 is 0 Å². The molecule has 0 spiro atoms. The van der Waals surface area contributed by atoms with E-state index < -0.39 is 0 Å². The van der Waals surface area contributed by atoms with Gasteiger partial charge in [0.2, 0.25) is 0 Å². The van der Waals surface area contributed by atoms with Crippen molar-refractivity contribution in [3.63, 3.8) is 0 Å². The molecular weight excluding hydrogens is 67.0 g/mol. The highest BCUT2D eigenvalue weighted by Gasteiger charge is 1.56. The van der Waals surface area contributed by atoms with Crippen LogP contribution in [0.2, 0.25) is 0 Å². The number of rotatable bonds is 1. The summed E-state index contributed by atoms with van der Waals surface area (Å²) in [7, 11) is 0. The molecular formula is C4H7F. The Morgan fingerprint density at radius 2 is 2.40 bits per heavy atom. The highest BCUT2D eigenvalue weighted by atomic mass is 19.1. The lowest BCUT2D eigenvalue weighted by molar-refractivity contribution is 0.561. The normalized spacial score (nSPS) is 10.0. The van der Waals surface area contributed by atoms with Crippen LogP contribution in [0.25, 0.3) is 0 Å². The van der Waals surface area contributed by atoms with Gasteiger partial charge in [0.15, 0.2) is 0 Å². The number of hydrogen-bond acceptors (Lipinski definition) is 0. The predicted octanol–water partition coefficient (Wildman–Crippen LogP) is 1.53. The van der Waals surface area contributed by atoms with E-state index in [2.05, 4.69) is 0 Å². The molecule has 0 rings (SSSR count). The van der Waals surface area contributed by atoms with Gasteiger partial charge in [-0.25, -0.2) is 4.39 Å². The Labute approximate surface area is 31.3 Å². The van der Waals surface area contributed by atoms with Gasteiger partial charge in [0.1, 0.15) is 6.67 Å². The summed E-state index contributed by atoms with van der Waals surface area (Å²) < 4.78 is 10.9. The fraction of sp³-hybridized carbons (Fsp3) is 0.500. The minimum absolute atomic E-state index is 0.337. The minimum Gasteiger partial charge on any atom is -0.247 e. The standard InChI is InChI=1S/C4H7F/c1-2-3-4-5/h2-3H,4H2,1H3. The van der Waals surface area contributed by atoms with Gasteiger partial charge in [0.25, 0.3) is 0 Å². The summed E-state index contributed by atoms with van der Waals surface area (Å²) in [5.41, 5.74) is 0. The third kappa shape index (κ3) is 3.67. The van der Waals surface area contributed by atoms with E-state index in [9.17, 15) is 4.39 Å². The van der Waals surface area contributed by atoms with Crippen LogP contribution in [0.1, 0.15) is 6.92 Å². The molecule has 0 radical (unpaired) electrons. The minimum atomic E-state index is -0.337. The van der Waals surface area contributed by atoms with Crippen LogP contribution in [-0.2, 0) is 0 Å². The van der Waals surface area contributed by atoms with Gasteiger partial charge in [-0.3, -0.25) is 0 Å².